The molecule has 0 aromatic heterocycles. The molecule has 1 N–H and O–H groups in total. The number of β-amino-alcohol motifs (C(OH)–C–C–N with tert-alkyl or cyclic N) is 1. The highest BCUT2D eigenvalue weighted by molar-refractivity contribution is 4.89. The minimum absolute atomic E-state index is 0.366. The number of morpholine rings is 1. The maximum absolute atomic E-state index is 9.71. The first-order valence-electron chi connectivity index (χ1n) is 5.84. The van der Waals surface area contributed by atoms with Crippen LogP contribution >= 0.6 is 0 Å². The van der Waals surface area contributed by atoms with Crippen LogP contribution in [-0.4, -0.2) is 61.7 Å². The van der Waals surface area contributed by atoms with Crippen molar-refractivity contribution in [3.8, 4) is 0 Å². The number of aliphatic hydroxyl groups is 1. The number of methoxy groups -OCH3 is 1. The van der Waals surface area contributed by atoms with Crippen LogP contribution in [0.3, 0.4) is 0 Å². The fourth-order valence-corrected chi connectivity index (χ4v) is 2.75. The molecule has 2 aliphatic rings. The molecule has 2 fully saturated rings. The van der Waals surface area contributed by atoms with Gasteiger partial charge in [-0.15, -0.1) is 0 Å². The monoisotopic (exact) mass is 215 g/mol. The number of hydrogen-bond acceptors (Lipinski definition) is 4. The van der Waals surface area contributed by atoms with Gasteiger partial charge in [-0.05, 0) is 19.3 Å². The fraction of sp³-hybridized carbons (Fsp3) is 1.00. The Labute approximate surface area is 91.2 Å². The minimum atomic E-state index is -0.366. The molecule has 3 unspecified atom stereocenters. The molecule has 1 saturated carbocycles. The van der Waals surface area contributed by atoms with Gasteiger partial charge in [-0.3, -0.25) is 4.90 Å². The quantitative estimate of drug-likeness (QED) is 0.730. The second-order valence-electron chi connectivity index (χ2n) is 4.51. The van der Waals surface area contributed by atoms with E-state index in [4.69, 9.17) is 9.47 Å². The topological polar surface area (TPSA) is 41.9 Å². The average Bonchev–Trinajstić information content (AvgIpc) is 2.67. The summed E-state index contributed by atoms with van der Waals surface area (Å²) in [6, 6.07) is 0.533. The van der Waals surface area contributed by atoms with Crippen LogP contribution in [0.1, 0.15) is 19.3 Å². The summed E-state index contributed by atoms with van der Waals surface area (Å²) in [5, 5.41) is 9.71. The maximum atomic E-state index is 9.71. The van der Waals surface area contributed by atoms with Crippen LogP contribution in [0, 0.1) is 0 Å². The van der Waals surface area contributed by atoms with E-state index in [-0.39, 0.29) is 6.10 Å². The Morgan fingerprint density at radius 3 is 3.20 bits per heavy atom. The van der Waals surface area contributed by atoms with Gasteiger partial charge in [0.05, 0.1) is 25.4 Å². The molecule has 88 valence electrons. The van der Waals surface area contributed by atoms with E-state index in [0.29, 0.717) is 18.8 Å². The Bertz CT molecular complexity index is 200. The van der Waals surface area contributed by atoms with Gasteiger partial charge in [0.2, 0.25) is 0 Å². The first-order chi connectivity index (χ1) is 7.31. The van der Waals surface area contributed by atoms with Crippen LogP contribution in [0.25, 0.3) is 0 Å². The molecule has 1 aliphatic carbocycles. The van der Waals surface area contributed by atoms with E-state index < -0.39 is 0 Å². The van der Waals surface area contributed by atoms with Crippen LogP contribution in [0.2, 0.25) is 0 Å². The van der Waals surface area contributed by atoms with Gasteiger partial charge >= 0.3 is 0 Å². The van der Waals surface area contributed by atoms with Crippen LogP contribution < -0.4 is 0 Å². The molecular formula is C11H21NO3. The van der Waals surface area contributed by atoms with Crippen LogP contribution in [0.15, 0.2) is 0 Å². The van der Waals surface area contributed by atoms with E-state index in [1.807, 2.05) is 0 Å². The molecule has 3 atom stereocenters. The lowest BCUT2D eigenvalue weighted by atomic mass is 10.1. The Morgan fingerprint density at radius 2 is 2.40 bits per heavy atom. The summed E-state index contributed by atoms with van der Waals surface area (Å²) in [4.78, 5) is 2.37. The van der Waals surface area contributed by atoms with Gasteiger partial charge in [-0.1, -0.05) is 0 Å². The second-order valence-corrected chi connectivity index (χ2v) is 4.51. The van der Waals surface area contributed by atoms with Crippen LogP contribution in [-0.2, 0) is 9.47 Å². The van der Waals surface area contributed by atoms with Crippen molar-refractivity contribution in [1.29, 1.82) is 0 Å². The minimum Gasteiger partial charge on any atom is -0.389 e. The molecule has 1 saturated heterocycles. The normalized spacial score (nSPS) is 34.0. The zero-order valence-corrected chi connectivity index (χ0v) is 9.39. The second kappa shape index (κ2) is 5.25. The third kappa shape index (κ3) is 2.69. The first-order valence-corrected chi connectivity index (χ1v) is 5.84. The van der Waals surface area contributed by atoms with Crippen molar-refractivity contribution in [3.05, 3.63) is 0 Å². The summed E-state index contributed by atoms with van der Waals surface area (Å²) in [5.74, 6) is 0. The third-order valence-electron chi connectivity index (χ3n) is 3.40. The Morgan fingerprint density at radius 1 is 1.53 bits per heavy atom. The van der Waals surface area contributed by atoms with E-state index in [2.05, 4.69) is 4.90 Å². The van der Waals surface area contributed by atoms with Crippen molar-refractivity contribution in [2.24, 2.45) is 0 Å². The molecule has 4 heteroatoms. The Balaban J connectivity index is 1.84. The summed E-state index contributed by atoms with van der Waals surface area (Å²) in [6.45, 7) is 2.90. The van der Waals surface area contributed by atoms with Gasteiger partial charge in [0.25, 0.3) is 0 Å². The van der Waals surface area contributed by atoms with Gasteiger partial charge < -0.3 is 14.6 Å². The van der Waals surface area contributed by atoms with Gasteiger partial charge in [0.15, 0.2) is 0 Å². The van der Waals surface area contributed by atoms with E-state index in [0.717, 1.165) is 19.7 Å². The molecule has 4 nitrogen and oxygen atoms in total. The van der Waals surface area contributed by atoms with Crippen molar-refractivity contribution < 1.29 is 14.6 Å². The number of hydrogen-bond donors (Lipinski definition) is 1. The molecule has 1 aliphatic heterocycles. The van der Waals surface area contributed by atoms with Crippen molar-refractivity contribution >= 4 is 0 Å². The number of aliphatic hydroxyl groups excluding tert-OH is 1. The highest BCUT2D eigenvalue weighted by atomic mass is 16.5. The van der Waals surface area contributed by atoms with Crippen molar-refractivity contribution in [2.75, 3.05) is 33.4 Å². The van der Waals surface area contributed by atoms with Crippen LogP contribution in [0.5, 0.6) is 0 Å². The summed E-state index contributed by atoms with van der Waals surface area (Å²) >= 11 is 0. The highest BCUT2D eigenvalue weighted by Crippen LogP contribution is 2.29. The molecule has 0 aromatic rings. The smallest absolute Gasteiger partial charge is 0.0900 e. The van der Waals surface area contributed by atoms with Gasteiger partial charge in [-0.2, -0.15) is 0 Å². The Hall–Kier alpha value is -0.160. The summed E-state index contributed by atoms with van der Waals surface area (Å²) in [6.07, 6.45) is 3.70. The van der Waals surface area contributed by atoms with Crippen molar-refractivity contribution in [1.82, 2.24) is 4.90 Å². The lowest BCUT2D eigenvalue weighted by molar-refractivity contribution is -0.0729. The summed E-state index contributed by atoms with van der Waals surface area (Å²) in [7, 11) is 1.63. The number of ether oxygens (including phenoxy) is 2. The molecule has 1 heterocycles. The largest absolute Gasteiger partial charge is 0.389 e. The fourth-order valence-electron chi connectivity index (χ4n) is 2.75. The lowest BCUT2D eigenvalue weighted by Crippen LogP contribution is -2.51. The number of fused-ring (bicyclic) bond motifs is 1. The molecule has 0 aromatic carbocycles. The van der Waals surface area contributed by atoms with Crippen molar-refractivity contribution in [2.45, 2.75) is 37.5 Å². The predicted octanol–water partition coefficient (Wildman–Crippen LogP) is 0.247. The van der Waals surface area contributed by atoms with E-state index in [1.165, 1.54) is 19.3 Å². The molecule has 15 heavy (non-hydrogen) atoms. The lowest BCUT2D eigenvalue weighted by Gasteiger charge is -2.38. The molecule has 0 amide bonds. The predicted molar refractivity (Wildman–Crippen MR) is 56.8 cm³/mol. The molecule has 0 spiro atoms. The van der Waals surface area contributed by atoms with E-state index >= 15 is 0 Å². The van der Waals surface area contributed by atoms with Crippen molar-refractivity contribution in [3.63, 3.8) is 0 Å². The SMILES string of the molecule is COCC(O)CN1CCOC2CCCC21. The molecular weight excluding hydrogens is 194 g/mol. The maximum Gasteiger partial charge on any atom is 0.0900 e. The standard InChI is InChI=1S/C11H21NO3/c1-14-8-9(13)7-12-5-6-15-11-4-2-3-10(11)12/h9-11,13H,2-8H2,1H3. The first kappa shape index (κ1) is 11.3. The highest BCUT2D eigenvalue weighted by Gasteiger charge is 2.36. The van der Waals surface area contributed by atoms with E-state index in [1.54, 1.807) is 7.11 Å². The van der Waals surface area contributed by atoms with E-state index in [9.17, 15) is 5.11 Å². The zero-order valence-electron chi connectivity index (χ0n) is 9.39. The van der Waals surface area contributed by atoms with Gasteiger partial charge in [0.1, 0.15) is 0 Å². The third-order valence-corrected chi connectivity index (χ3v) is 3.40. The average molecular weight is 215 g/mol. The number of nitrogens with zero attached hydrogens (tertiary/aromatic N) is 1. The number of rotatable bonds is 4. The summed E-state index contributed by atoms with van der Waals surface area (Å²) in [5.41, 5.74) is 0. The van der Waals surface area contributed by atoms with Gasteiger partial charge in [-0.25, -0.2) is 0 Å². The molecule has 2 rings (SSSR count). The van der Waals surface area contributed by atoms with Gasteiger partial charge in [0, 0.05) is 26.2 Å². The zero-order chi connectivity index (χ0) is 10.7. The molecule has 0 radical (unpaired) electrons. The Kier molecular flexibility index (Phi) is 3.97. The van der Waals surface area contributed by atoms with Crippen LogP contribution in [0.4, 0.5) is 0 Å². The summed E-state index contributed by atoms with van der Waals surface area (Å²) < 4.78 is 10.7. The molecule has 0 bridgehead atoms.